The number of fused-ring (bicyclic) bond motifs is 1. The molecule has 0 unspecified atom stereocenters. The third-order valence-electron chi connectivity index (χ3n) is 2.79. The Bertz CT molecular complexity index is 905. The highest BCUT2D eigenvalue weighted by molar-refractivity contribution is 9.10. The van der Waals surface area contributed by atoms with E-state index in [1.54, 1.807) is 36.5 Å². The normalized spacial score (nSPS) is 11.9. The Labute approximate surface area is 133 Å². The quantitative estimate of drug-likeness (QED) is 0.702. The number of hydrogen-bond acceptors (Lipinski definition) is 6. The van der Waals surface area contributed by atoms with Gasteiger partial charge in [0, 0.05) is 16.4 Å². The number of sulfone groups is 1. The number of rotatable bonds is 3. The van der Waals surface area contributed by atoms with Gasteiger partial charge >= 0.3 is 0 Å². The molecular formula is C13H10BrN3O2S2. The van der Waals surface area contributed by atoms with E-state index in [1.807, 2.05) is 0 Å². The number of pyridine rings is 1. The maximum Gasteiger partial charge on any atom is 0.211 e. The van der Waals surface area contributed by atoms with Crippen molar-refractivity contribution in [2.75, 3.05) is 5.73 Å². The summed E-state index contributed by atoms with van der Waals surface area (Å²) in [4.78, 5) is 8.27. The third-order valence-corrected chi connectivity index (χ3v) is 6.38. The summed E-state index contributed by atoms with van der Waals surface area (Å²) in [6.45, 7) is 0. The summed E-state index contributed by atoms with van der Waals surface area (Å²) < 4.78 is 26.5. The molecule has 0 atom stereocenters. The second-order valence-corrected chi connectivity index (χ2v) is 8.54. The summed E-state index contributed by atoms with van der Waals surface area (Å²) in [7, 11) is -3.51. The Morgan fingerprint density at radius 1 is 1.24 bits per heavy atom. The molecule has 0 fully saturated rings. The molecule has 8 heteroatoms. The van der Waals surface area contributed by atoms with E-state index in [4.69, 9.17) is 5.73 Å². The van der Waals surface area contributed by atoms with Crippen LogP contribution in [0.1, 0.15) is 5.69 Å². The minimum atomic E-state index is -3.51. The Morgan fingerprint density at radius 3 is 2.76 bits per heavy atom. The summed E-state index contributed by atoms with van der Waals surface area (Å²) in [5, 5.41) is 0. The zero-order valence-corrected chi connectivity index (χ0v) is 13.9. The number of halogens is 1. The molecule has 0 aliphatic carbocycles. The largest absolute Gasteiger partial charge is 0.399 e. The van der Waals surface area contributed by atoms with Crippen molar-refractivity contribution in [1.82, 2.24) is 9.97 Å². The molecule has 0 radical (unpaired) electrons. The highest BCUT2D eigenvalue weighted by Crippen LogP contribution is 2.28. The van der Waals surface area contributed by atoms with Crippen LogP contribution in [0.5, 0.6) is 0 Å². The van der Waals surface area contributed by atoms with Crippen LogP contribution in [0.2, 0.25) is 0 Å². The molecule has 0 bridgehead atoms. The van der Waals surface area contributed by atoms with Crippen molar-refractivity contribution in [3.05, 3.63) is 46.7 Å². The molecule has 0 aliphatic rings. The van der Waals surface area contributed by atoms with Gasteiger partial charge in [0.05, 0.1) is 21.7 Å². The van der Waals surface area contributed by atoms with E-state index >= 15 is 0 Å². The van der Waals surface area contributed by atoms with Gasteiger partial charge in [0.25, 0.3) is 0 Å². The highest BCUT2D eigenvalue weighted by atomic mass is 79.9. The molecule has 1 aromatic carbocycles. The van der Waals surface area contributed by atoms with E-state index in [2.05, 4.69) is 25.9 Å². The van der Waals surface area contributed by atoms with Crippen LogP contribution in [0.25, 0.3) is 10.2 Å². The Hall–Kier alpha value is -1.51. The van der Waals surface area contributed by atoms with Gasteiger partial charge in [0.1, 0.15) is 0 Å². The van der Waals surface area contributed by atoms with Crippen LogP contribution in [0.15, 0.2) is 45.3 Å². The fourth-order valence-electron chi connectivity index (χ4n) is 1.80. The van der Waals surface area contributed by atoms with Crippen LogP contribution in [-0.2, 0) is 15.6 Å². The van der Waals surface area contributed by atoms with E-state index in [0.717, 1.165) is 20.5 Å². The second kappa shape index (κ2) is 5.36. The maximum atomic E-state index is 12.4. The average molecular weight is 384 g/mol. The average Bonchev–Trinajstić information content (AvgIpc) is 2.85. The first-order valence-corrected chi connectivity index (χ1v) is 9.19. The molecule has 5 nitrogen and oxygen atoms in total. The lowest BCUT2D eigenvalue weighted by Gasteiger charge is -2.00. The van der Waals surface area contributed by atoms with Gasteiger partial charge in [-0.05, 0) is 46.3 Å². The molecule has 3 aromatic rings. The van der Waals surface area contributed by atoms with Crippen LogP contribution in [0, 0.1) is 0 Å². The first-order valence-electron chi connectivity index (χ1n) is 5.93. The first kappa shape index (κ1) is 14.4. The zero-order chi connectivity index (χ0) is 15.0. The summed E-state index contributed by atoms with van der Waals surface area (Å²) in [5.74, 6) is -0.171. The summed E-state index contributed by atoms with van der Waals surface area (Å²) in [5.41, 5.74) is 7.40. The van der Waals surface area contributed by atoms with Gasteiger partial charge in [0.15, 0.2) is 0 Å². The van der Waals surface area contributed by atoms with Gasteiger partial charge in [-0.3, -0.25) is 4.98 Å². The van der Waals surface area contributed by atoms with Crippen LogP contribution in [0.3, 0.4) is 0 Å². The first-order chi connectivity index (χ1) is 9.94. The Kier molecular flexibility index (Phi) is 3.68. The monoisotopic (exact) mass is 383 g/mol. The van der Waals surface area contributed by atoms with Crippen LogP contribution >= 0.6 is 27.3 Å². The van der Waals surface area contributed by atoms with Crippen molar-refractivity contribution in [3.63, 3.8) is 0 Å². The van der Waals surface area contributed by atoms with Gasteiger partial charge in [-0.25, -0.2) is 13.4 Å². The summed E-state index contributed by atoms with van der Waals surface area (Å²) >= 11 is 4.39. The van der Waals surface area contributed by atoms with E-state index in [-0.39, 0.29) is 10.1 Å². The number of thiazole rings is 1. The van der Waals surface area contributed by atoms with E-state index < -0.39 is 9.84 Å². The number of nitrogens with two attached hydrogens (primary N) is 1. The maximum absolute atomic E-state index is 12.4. The zero-order valence-electron chi connectivity index (χ0n) is 10.7. The van der Waals surface area contributed by atoms with Crippen LogP contribution in [-0.4, -0.2) is 18.4 Å². The molecule has 21 heavy (non-hydrogen) atoms. The third kappa shape index (κ3) is 3.07. The number of benzene rings is 1. The smallest absolute Gasteiger partial charge is 0.211 e. The Balaban J connectivity index is 1.97. The molecule has 2 heterocycles. The Morgan fingerprint density at radius 2 is 2.05 bits per heavy atom. The lowest BCUT2D eigenvalue weighted by Crippen LogP contribution is -2.05. The van der Waals surface area contributed by atoms with E-state index in [9.17, 15) is 8.42 Å². The molecule has 0 aliphatic heterocycles. The molecule has 0 spiro atoms. The molecule has 0 saturated carbocycles. The van der Waals surface area contributed by atoms with E-state index in [0.29, 0.717) is 16.9 Å². The molecule has 108 valence electrons. The molecule has 0 saturated heterocycles. The van der Waals surface area contributed by atoms with Gasteiger partial charge in [-0.15, -0.1) is 11.3 Å². The molecule has 2 N–H and O–H groups in total. The van der Waals surface area contributed by atoms with Crippen molar-refractivity contribution < 1.29 is 8.42 Å². The number of nitrogen functional groups attached to an aromatic ring is 1. The lowest BCUT2D eigenvalue weighted by atomic mass is 10.3. The van der Waals surface area contributed by atoms with Crippen LogP contribution in [0.4, 0.5) is 5.69 Å². The van der Waals surface area contributed by atoms with Gasteiger partial charge in [-0.2, -0.15) is 0 Å². The van der Waals surface area contributed by atoms with Crippen LogP contribution < -0.4 is 5.73 Å². The predicted octanol–water partition coefficient (Wildman–Crippen LogP) is 3.01. The van der Waals surface area contributed by atoms with Gasteiger partial charge in [0.2, 0.25) is 14.2 Å². The summed E-state index contributed by atoms with van der Waals surface area (Å²) in [6, 6.07) is 8.58. The SMILES string of the molecule is Nc1ccc2nc(S(=O)(=O)Cc3ccc(Br)cn3)sc2c1. The molecule has 3 rings (SSSR count). The van der Waals surface area contributed by atoms with Gasteiger partial charge < -0.3 is 5.73 Å². The standard InChI is InChI=1S/C13H10BrN3O2S2/c14-8-1-3-10(16-6-8)7-21(18,19)13-17-11-4-2-9(15)5-12(11)20-13/h1-6H,7,15H2. The van der Waals surface area contributed by atoms with E-state index in [1.165, 1.54) is 0 Å². The van der Waals surface area contributed by atoms with Crippen molar-refractivity contribution in [3.8, 4) is 0 Å². The fraction of sp³-hybridized carbons (Fsp3) is 0.0769. The molecule has 0 amide bonds. The fourth-order valence-corrected chi connectivity index (χ4v) is 4.66. The number of aromatic nitrogens is 2. The van der Waals surface area contributed by atoms with Crippen molar-refractivity contribution in [2.24, 2.45) is 0 Å². The highest BCUT2D eigenvalue weighted by Gasteiger charge is 2.21. The molecule has 2 aromatic heterocycles. The second-order valence-electron chi connectivity index (χ2n) is 4.43. The number of hydrogen-bond donors (Lipinski definition) is 1. The number of nitrogens with zero attached hydrogens (tertiary/aromatic N) is 2. The number of anilines is 1. The minimum absolute atomic E-state index is 0.0906. The van der Waals surface area contributed by atoms with Crippen molar-refractivity contribution >= 4 is 53.0 Å². The van der Waals surface area contributed by atoms with Crippen molar-refractivity contribution in [2.45, 2.75) is 10.1 Å². The predicted molar refractivity (Wildman–Crippen MR) is 86.9 cm³/mol. The summed E-state index contributed by atoms with van der Waals surface area (Å²) in [6.07, 6.45) is 1.57. The topological polar surface area (TPSA) is 85.9 Å². The molecular weight excluding hydrogens is 374 g/mol. The van der Waals surface area contributed by atoms with Crippen molar-refractivity contribution in [1.29, 1.82) is 0 Å². The minimum Gasteiger partial charge on any atom is -0.399 e. The van der Waals surface area contributed by atoms with Gasteiger partial charge in [-0.1, -0.05) is 0 Å². The lowest BCUT2D eigenvalue weighted by molar-refractivity contribution is 0.594.